The fourth-order valence-corrected chi connectivity index (χ4v) is 2.14. The highest BCUT2D eigenvalue weighted by molar-refractivity contribution is 5.98. The van der Waals surface area contributed by atoms with E-state index in [0.29, 0.717) is 22.6 Å². The Balaban J connectivity index is 2.17. The second-order valence-electron chi connectivity index (χ2n) is 4.90. The molecule has 0 aliphatic carbocycles. The lowest BCUT2D eigenvalue weighted by Crippen LogP contribution is -2.29. The Kier molecular flexibility index (Phi) is 3.94. The number of benzene rings is 1. The van der Waals surface area contributed by atoms with Crippen molar-refractivity contribution in [2.24, 2.45) is 7.05 Å². The van der Waals surface area contributed by atoms with Gasteiger partial charge in [-0.1, -0.05) is 12.1 Å². The summed E-state index contributed by atoms with van der Waals surface area (Å²) in [6.45, 7) is 3.63. The molecule has 3 N–H and O–H groups in total. The topological polar surface area (TPSA) is 96.7 Å². The average Bonchev–Trinajstić information content (AvgIpc) is 2.72. The summed E-state index contributed by atoms with van der Waals surface area (Å²) >= 11 is 0. The Morgan fingerprint density at radius 3 is 2.52 bits per heavy atom. The van der Waals surface area contributed by atoms with Crippen molar-refractivity contribution in [2.45, 2.75) is 19.9 Å². The number of anilines is 1. The standard InChI is InChI=1S/C15H17N5O/c1-9(12-6-4-11(8-16)5-7-12)18-15(21)14-13(17)10(2)19-20(14)3/h4-7,9H,17H2,1-3H3,(H,18,21). The van der Waals surface area contributed by atoms with Crippen LogP contribution >= 0.6 is 0 Å². The largest absolute Gasteiger partial charge is 0.395 e. The van der Waals surface area contributed by atoms with E-state index in [9.17, 15) is 4.79 Å². The number of amides is 1. The van der Waals surface area contributed by atoms with E-state index in [-0.39, 0.29) is 11.9 Å². The van der Waals surface area contributed by atoms with Crippen LogP contribution in [0, 0.1) is 18.3 Å². The Bertz CT molecular complexity index is 709. The number of nitrogens with zero attached hydrogens (tertiary/aromatic N) is 3. The van der Waals surface area contributed by atoms with Crippen LogP contribution in [0.4, 0.5) is 5.69 Å². The van der Waals surface area contributed by atoms with E-state index in [1.54, 1.807) is 26.1 Å². The number of aromatic nitrogens is 2. The van der Waals surface area contributed by atoms with E-state index in [1.807, 2.05) is 19.1 Å². The van der Waals surface area contributed by atoms with Crippen molar-refractivity contribution in [3.63, 3.8) is 0 Å². The normalized spacial score (nSPS) is 11.7. The molecule has 2 rings (SSSR count). The molecule has 6 nitrogen and oxygen atoms in total. The van der Waals surface area contributed by atoms with Crippen LogP contribution in [0.3, 0.4) is 0 Å². The zero-order chi connectivity index (χ0) is 15.6. The quantitative estimate of drug-likeness (QED) is 0.895. The molecule has 108 valence electrons. The molecule has 0 fully saturated rings. The van der Waals surface area contributed by atoms with Gasteiger partial charge in [0.1, 0.15) is 5.69 Å². The second kappa shape index (κ2) is 5.67. The van der Waals surface area contributed by atoms with Gasteiger partial charge in [-0.25, -0.2) is 0 Å². The van der Waals surface area contributed by atoms with Crippen LogP contribution in [0.5, 0.6) is 0 Å². The number of hydrogen-bond acceptors (Lipinski definition) is 4. The van der Waals surface area contributed by atoms with Crippen LogP contribution in [0.1, 0.15) is 40.3 Å². The fourth-order valence-electron chi connectivity index (χ4n) is 2.14. The molecule has 0 spiro atoms. The first-order valence-corrected chi connectivity index (χ1v) is 6.54. The molecule has 0 bridgehead atoms. The number of nitrogens with one attached hydrogen (secondary N) is 1. The third kappa shape index (κ3) is 2.87. The van der Waals surface area contributed by atoms with Crippen LogP contribution < -0.4 is 11.1 Å². The minimum absolute atomic E-state index is 0.195. The maximum Gasteiger partial charge on any atom is 0.272 e. The number of nitriles is 1. The molecule has 0 aliphatic rings. The van der Waals surface area contributed by atoms with Crippen LogP contribution in [-0.4, -0.2) is 15.7 Å². The summed E-state index contributed by atoms with van der Waals surface area (Å²) in [6.07, 6.45) is 0. The zero-order valence-corrected chi connectivity index (χ0v) is 12.2. The summed E-state index contributed by atoms with van der Waals surface area (Å²) in [5.41, 5.74) is 8.76. The van der Waals surface area contributed by atoms with Crippen molar-refractivity contribution in [1.29, 1.82) is 5.26 Å². The molecule has 0 saturated heterocycles. The molecule has 21 heavy (non-hydrogen) atoms. The summed E-state index contributed by atoms with van der Waals surface area (Å²) in [6, 6.07) is 8.95. The summed E-state index contributed by atoms with van der Waals surface area (Å²) < 4.78 is 1.48. The molecule has 1 aromatic heterocycles. The summed E-state index contributed by atoms with van der Waals surface area (Å²) in [5.74, 6) is -0.271. The monoisotopic (exact) mass is 283 g/mol. The predicted octanol–water partition coefficient (Wildman–Crippen LogP) is 1.67. The number of nitrogens with two attached hydrogens (primary N) is 1. The first-order valence-electron chi connectivity index (χ1n) is 6.54. The Morgan fingerprint density at radius 2 is 2.05 bits per heavy atom. The van der Waals surface area contributed by atoms with Gasteiger partial charge in [0.2, 0.25) is 0 Å². The molecular weight excluding hydrogens is 266 g/mol. The van der Waals surface area contributed by atoms with E-state index in [0.717, 1.165) is 5.56 Å². The molecular formula is C15H17N5O. The van der Waals surface area contributed by atoms with E-state index < -0.39 is 0 Å². The Labute approximate surface area is 123 Å². The van der Waals surface area contributed by atoms with Crippen molar-refractivity contribution in [3.8, 4) is 6.07 Å². The molecule has 1 amide bonds. The van der Waals surface area contributed by atoms with Gasteiger partial charge in [0.25, 0.3) is 5.91 Å². The number of carbonyl (C=O) groups excluding carboxylic acids is 1. The average molecular weight is 283 g/mol. The summed E-state index contributed by atoms with van der Waals surface area (Å²) in [7, 11) is 1.69. The third-order valence-electron chi connectivity index (χ3n) is 3.37. The highest BCUT2D eigenvalue weighted by atomic mass is 16.2. The van der Waals surface area contributed by atoms with Crippen LogP contribution in [0.15, 0.2) is 24.3 Å². The molecule has 0 aliphatic heterocycles. The smallest absolute Gasteiger partial charge is 0.272 e. The summed E-state index contributed by atoms with van der Waals surface area (Å²) in [4.78, 5) is 12.3. The fraction of sp³-hybridized carbons (Fsp3) is 0.267. The molecule has 0 radical (unpaired) electrons. The minimum atomic E-state index is -0.271. The maximum absolute atomic E-state index is 12.3. The van der Waals surface area contributed by atoms with E-state index >= 15 is 0 Å². The predicted molar refractivity (Wildman–Crippen MR) is 79.4 cm³/mol. The first kappa shape index (κ1) is 14.6. The van der Waals surface area contributed by atoms with Gasteiger partial charge < -0.3 is 11.1 Å². The molecule has 1 unspecified atom stereocenters. The van der Waals surface area contributed by atoms with Gasteiger partial charge in [0.05, 0.1) is 29.1 Å². The number of hydrogen-bond donors (Lipinski definition) is 2. The highest BCUT2D eigenvalue weighted by Crippen LogP contribution is 2.18. The zero-order valence-electron chi connectivity index (χ0n) is 12.2. The van der Waals surface area contributed by atoms with Crippen molar-refractivity contribution in [3.05, 3.63) is 46.8 Å². The number of nitrogen functional groups attached to an aromatic ring is 1. The van der Waals surface area contributed by atoms with Gasteiger partial charge in [0, 0.05) is 7.05 Å². The van der Waals surface area contributed by atoms with E-state index in [4.69, 9.17) is 11.0 Å². The van der Waals surface area contributed by atoms with Crippen molar-refractivity contribution < 1.29 is 4.79 Å². The summed E-state index contributed by atoms with van der Waals surface area (Å²) in [5, 5.41) is 15.8. The lowest BCUT2D eigenvalue weighted by Gasteiger charge is -2.14. The molecule has 1 aromatic carbocycles. The van der Waals surface area contributed by atoms with Crippen molar-refractivity contribution in [2.75, 3.05) is 5.73 Å². The van der Waals surface area contributed by atoms with Gasteiger partial charge in [-0.2, -0.15) is 10.4 Å². The van der Waals surface area contributed by atoms with Crippen LogP contribution in [0.25, 0.3) is 0 Å². The van der Waals surface area contributed by atoms with Crippen LogP contribution in [0.2, 0.25) is 0 Å². The Morgan fingerprint density at radius 1 is 1.43 bits per heavy atom. The van der Waals surface area contributed by atoms with Gasteiger partial charge >= 0.3 is 0 Å². The van der Waals surface area contributed by atoms with Crippen molar-refractivity contribution >= 4 is 11.6 Å². The van der Waals surface area contributed by atoms with Gasteiger partial charge in [-0.15, -0.1) is 0 Å². The highest BCUT2D eigenvalue weighted by Gasteiger charge is 2.19. The minimum Gasteiger partial charge on any atom is -0.395 e. The van der Waals surface area contributed by atoms with E-state index in [2.05, 4.69) is 16.5 Å². The van der Waals surface area contributed by atoms with Crippen LogP contribution in [-0.2, 0) is 7.05 Å². The van der Waals surface area contributed by atoms with Gasteiger partial charge in [-0.3, -0.25) is 9.48 Å². The maximum atomic E-state index is 12.3. The van der Waals surface area contributed by atoms with Crippen molar-refractivity contribution in [1.82, 2.24) is 15.1 Å². The van der Waals surface area contributed by atoms with Gasteiger partial charge in [-0.05, 0) is 31.5 Å². The SMILES string of the molecule is Cc1nn(C)c(C(=O)NC(C)c2ccc(C#N)cc2)c1N. The lowest BCUT2D eigenvalue weighted by atomic mass is 10.1. The van der Waals surface area contributed by atoms with E-state index in [1.165, 1.54) is 4.68 Å². The first-order chi connectivity index (χ1) is 9.93. The lowest BCUT2D eigenvalue weighted by molar-refractivity contribution is 0.0931. The Hall–Kier alpha value is -2.81. The molecule has 6 heteroatoms. The molecule has 1 heterocycles. The molecule has 2 aromatic rings. The molecule has 1 atom stereocenters. The number of rotatable bonds is 3. The third-order valence-corrected chi connectivity index (χ3v) is 3.37. The van der Waals surface area contributed by atoms with Gasteiger partial charge in [0.15, 0.2) is 0 Å². The number of carbonyl (C=O) groups is 1. The second-order valence-corrected chi connectivity index (χ2v) is 4.90. The molecule has 0 saturated carbocycles. The number of aryl methyl sites for hydroxylation is 2.